The summed E-state index contributed by atoms with van der Waals surface area (Å²) in [4.78, 5) is 25.8. The molecule has 2 N–H and O–H groups in total. The normalized spacial score (nSPS) is 17.8. The van der Waals surface area contributed by atoms with Crippen molar-refractivity contribution in [1.82, 2.24) is 15.6 Å². The summed E-state index contributed by atoms with van der Waals surface area (Å²) in [7, 11) is 1.67. The Morgan fingerprint density at radius 1 is 1.23 bits per heavy atom. The molecule has 26 heavy (non-hydrogen) atoms. The summed E-state index contributed by atoms with van der Waals surface area (Å²) in [6.45, 7) is 4.85. The van der Waals surface area contributed by atoms with Gasteiger partial charge in [-0.1, -0.05) is 0 Å². The van der Waals surface area contributed by atoms with Gasteiger partial charge >= 0.3 is 11.8 Å². The van der Waals surface area contributed by atoms with Crippen molar-refractivity contribution in [1.29, 1.82) is 0 Å². The molecule has 2 fully saturated rings. The van der Waals surface area contributed by atoms with E-state index in [0.29, 0.717) is 5.71 Å². The summed E-state index contributed by atoms with van der Waals surface area (Å²) >= 11 is 0. The molecule has 0 unspecified atom stereocenters. The number of nitrogens with zero attached hydrogens (tertiary/aromatic N) is 2. The lowest BCUT2D eigenvalue weighted by Gasteiger charge is -2.17. The SMILES string of the molecule is COc1ccc(/C(C)=N\NC(=O)C(=O)NC2CC2)cc1CN1CCCC1. The van der Waals surface area contributed by atoms with Crippen molar-refractivity contribution in [3.05, 3.63) is 29.3 Å². The number of rotatable bonds is 6. The lowest BCUT2D eigenvalue weighted by Crippen LogP contribution is -2.39. The van der Waals surface area contributed by atoms with Crippen LogP contribution in [0.15, 0.2) is 23.3 Å². The fourth-order valence-corrected chi connectivity index (χ4v) is 3.04. The Morgan fingerprint density at radius 2 is 1.96 bits per heavy atom. The molecule has 2 aliphatic rings. The number of benzene rings is 1. The minimum Gasteiger partial charge on any atom is -0.496 e. The molecule has 0 atom stereocenters. The van der Waals surface area contributed by atoms with Gasteiger partial charge in [-0.3, -0.25) is 14.5 Å². The maximum atomic E-state index is 11.8. The lowest BCUT2D eigenvalue weighted by atomic mass is 10.1. The van der Waals surface area contributed by atoms with Gasteiger partial charge in [0.1, 0.15) is 5.75 Å². The number of likely N-dealkylation sites (tertiary alicyclic amines) is 1. The van der Waals surface area contributed by atoms with Gasteiger partial charge in [-0.25, -0.2) is 5.43 Å². The average molecular weight is 358 g/mol. The summed E-state index contributed by atoms with van der Waals surface area (Å²) in [6.07, 6.45) is 4.34. The van der Waals surface area contributed by atoms with Crippen LogP contribution in [0.4, 0.5) is 0 Å². The number of amides is 2. The Morgan fingerprint density at radius 3 is 2.62 bits per heavy atom. The van der Waals surface area contributed by atoms with Crippen molar-refractivity contribution in [3.63, 3.8) is 0 Å². The average Bonchev–Trinajstić information content (AvgIpc) is 3.31. The van der Waals surface area contributed by atoms with Gasteiger partial charge < -0.3 is 10.1 Å². The van der Waals surface area contributed by atoms with Crippen molar-refractivity contribution >= 4 is 17.5 Å². The van der Waals surface area contributed by atoms with Crippen LogP contribution in [0.25, 0.3) is 0 Å². The first-order valence-corrected chi connectivity index (χ1v) is 9.11. The second-order valence-corrected chi connectivity index (χ2v) is 6.90. The minimum atomic E-state index is -0.734. The van der Waals surface area contributed by atoms with E-state index in [-0.39, 0.29) is 6.04 Å². The molecule has 1 aliphatic heterocycles. The van der Waals surface area contributed by atoms with E-state index in [2.05, 4.69) is 20.7 Å². The Bertz CT molecular complexity index is 707. The second kappa shape index (κ2) is 8.31. The van der Waals surface area contributed by atoms with Gasteiger partial charge in [0.25, 0.3) is 0 Å². The molecule has 7 heteroatoms. The third-order valence-corrected chi connectivity index (χ3v) is 4.73. The molecular weight excluding hydrogens is 332 g/mol. The largest absolute Gasteiger partial charge is 0.496 e. The van der Waals surface area contributed by atoms with Crippen LogP contribution in [-0.2, 0) is 16.1 Å². The fourth-order valence-electron chi connectivity index (χ4n) is 3.04. The summed E-state index contributed by atoms with van der Waals surface area (Å²) in [6, 6.07) is 6.00. The highest BCUT2D eigenvalue weighted by molar-refractivity contribution is 6.35. The van der Waals surface area contributed by atoms with E-state index in [1.165, 1.54) is 12.8 Å². The van der Waals surface area contributed by atoms with Crippen LogP contribution in [-0.4, -0.2) is 48.7 Å². The van der Waals surface area contributed by atoms with Gasteiger partial charge in [-0.2, -0.15) is 5.10 Å². The van der Waals surface area contributed by atoms with Gasteiger partial charge in [0.05, 0.1) is 12.8 Å². The molecule has 0 bridgehead atoms. The molecular formula is C19H26N4O3. The van der Waals surface area contributed by atoms with Crippen LogP contribution in [0.3, 0.4) is 0 Å². The number of nitrogens with one attached hydrogen (secondary N) is 2. The third-order valence-electron chi connectivity index (χ3n) is 4.73. The van der Waals surface area contributed by atoms with Crippen molar-refractivity contribution < 1.29 is 14.3 Å². The van der Waals surface area contributed by atoms with E-state index in [1.807, 2.05) is 18.2 Å². The smallest absolute Gasteiger partial charge is 0.329 e. The van der Waals surface area contributed by atoms with E-state index < -0.39 is 11.8 Å². The first-order valence-electron chi connectivity index (χ1n) is 9.11. The lowest BCUT2D eigenvalue weighted by molar-refractivity contribution is -0.139. The summed E-state index contributed by atoms with van der Waals surface area (Å²) < 4.78 is 5.47. The Balaban J connectivity index is 1.66. The maximum absolute atomic E-state index is 11.8. The van der Waals surface area contributed by atoms with Crippen molar-refractivity contribution in [3.8, 4) is 5.75 Å². The molecule has 2 amide bonds. The molecule has 1 aromatic carbocycles. The van der Waals surface area contributed by atoms with Gasteiger partial charge in [0.2, 0.25) is 0 Å². The quantitative estimate of drug-likeness (QED) is 0.458. The highest BCUT2D eigenvalue weighted by Gasteiger charge is 2.26. The summed E-state index contributed by atoms with van der Waals surface area (Å²) in [5.74, 6) is -0.517. The highest BCUT2D eigenvalue weighted by atomic mass is 16.5. The van der Waals surface area contributed by atoms with E-state index in [0.717, 1.165) is 49.4 Å². The van der Waals surface area contributed by atoms with E-state index >= 15 is 0 Å². The predicted octanol–water partition coefficient (Wildman–Crippen LogP) is 1.41. The van der Waals surface area contributed by atoms with Gasteiger partial charge in [-0.15, -0.1) is 0 Å². The molecule has 1 saturated carbocycles. The number of ether oxygens (including phenoxy) is 1. The standard InChI is InChI=1S/C19H26N4O3/c1-13(21-22-19(25)18(24)20-16-6-7-16)14-5-8-17(26-2)15(11-14)12-23-9-3-4-10-23/h5,8,11,16H,3-4,6-7,9-10,12H2,1-2H3,(H,20,24)(H,22,25)/b21-13-. The molecule has 0 aromatic heterocycles. The highest BCUT2D eigenvalue weighted by Crippen LogP contribution is 2.24. The molecule has 1 saturated heterocycles. The summed E-state index contributed by atoms with van der Waals surface area (Å²) in [5.41, 5.74) is 4.96. The van der Waals surface area contributed by atoms with Crippen LogP contribution >= 0.6 is 0 Å². The molecule has 1 aromatic rings. The number of hydrogen-bond donors (Lipinski definition) is 2. The number of hydrazone groups is 1. The van der Waals surface area contributed by atoms with Crippen molar-refractivity contribution in [2.45, 2.75) is 45.2 Å². The number of methoxy groups -OCH3 is 1. The first-order chi connectivity index (χ1) is 12.6. The van der Waals surface area contributed by atoms with E-state index in [1.54, 1.807) is 14.0 Å². The van der Waals surface area contributed by atoms with Crippen LogP contribution in [0, 0.1) is 0 Å². The molecule has 1 heterocycles. The van der Waals surface area contributed by atoms with Gasteiger partial charge in [0, 0.05) is 18.2 Å². The topological polar surface area (TPSA) is 83.0 Å². The Labute approximate surface area is 153 Å². The van der Waals surface area contributed by atoms with Crippen molar-refractivity contribution in [2.75, 3.05) is 20.2 Å². The van der Waals surface area contributed by atoms with Crippen LogP contribution in [0.1, 0.15) is 43.7 Å². The number of hydrogen-bond acceptors (Lipinski definition) is 5. The minimum absolute atomic E-state index is 0.146. The zero-order chi connectivity index (χ0) is 18.5. The Hall–Kier alpha value is -2.41. The zero-order valence-electron chi connectivity index (χ0n) is 15.4. The predicted molar refractivity (Wildman–Crippen MR) is 99.0 cm³/mol. The zero-order valence-corrected chi connectivity index (χ0v) is 15.4. The third kappa shape index (κ3) is 4.82. The monoisotopic (exact) mass is 358 g/mol. The van der Waals surface area contributed by atoms with Crippen LogP contribution < -0.4 is 15.5 Å². The van der Waals surface area contributed by atoms with Gasteiger partial charge in [-0.05, 0) is 69.5 Å². The second-order valence-electron chi connectivity index (χ2n) is 6.90. The summed E-state index contributed by atoms with van der Waals surface area (Å²) in [5, 5.41) is 6.71. The Kier molecular flexibility index (Phi) is 5.88. The first kappa shape index (κ1) is 18.4. The van der Waals surface area contributed by atoms with Gasteiger partial charge in [0.15, 0.2) is 0 Å². The maximum Gasteiger partial charge on any atom is 0.329 e. The number of carbonyl (C=O) groups is 2. The van der Waals surface area contributed by atoms with E-state index in [9.17, 15) is 9.59 Å². The van der Waals surface area contributed by atoms with Crippen LogP contribution in [0.2, 0.25) is 0 Å². The van der Waals surface area contributed by atoms with E-state index in [4.69, 9.17) is 4.74 Å². The molecule has 140 valence electrons. The molecule has 3 rings (SSSR count). The molecule has 0 radical (unpaired) electrons. The van der Waals surface area contributed by atoms with Crippen molar-refractivity contribution in [2.24, 2.45) is 5.10 Å². The molecule has 7 nitrogen and oxygen atoms in total. The molecule has 0 spiro atoms. The fraction of sp³-hybridized carbons (Fsp3) is 0.526. The number of carbonyl (C=O) groups excluding carboxylic acids is 2. The van der Waals surface area contributed by atoms with Crippen LogP contribution in [0.5, 0.6) is 5.75 Å². The molecule has 1 aliphatic carbocycles.